The van der Waals surface area contributed by atoms with Crippen LogP contribution >= 0.6 is 23.8 Å². The first-order valence-corrected chi connectivity index (χ1v) is 10.9. The van der Waals surface area contributed by atoms with Crippen molar-refractivity contribution in [2.24, 2.45) is 0 Å². The molecule has 1 aliphatic heterocycles. The van der Waals surface area contributed by atoms with Crippen molar-refractivity contribution in [3.8, 4) is 22.9 Å². The predicted molar refractivity (Wildman–Crippen MR) is 131 cm³/mol. The Morgan fingerprint density at radius 2 is 1.85 bits per heavy atom. The minimum atomic E-state index is -0.364. The highest BCUT2D eigenvalue weighted by molar-refractivity contribution is 7.80. The third kappa shape index (κ3) is 4.20. The van der Waals surface area contributed by atoms with Crippen molar-refractivity contribution < 1.29 is 19.0 Å². The Morgan fingerprint density at radius 1 is 1.09 bits per heavy atom. The fraction of sp³-hybridized carbons (Fsp3) is 0.130. The number of nitrogens with zero attached hydrogens (tertiary/aromatic N) is 3. The Morgan fingerprint density at radius 3 is 2.62 bits per heavy atom. The van der Waals surface area contributed by atoms with E-state index in [1.807, 2.05) is 25.1 Å². The molecular weight excluding hydrogens is 478 g/mol. The van der Waals surface area contributed by atoms with Gasteiger partial charge in [-0.25, -0.2) is 0 Å². The van der Waals surface area contributed by atoms with Crippen molar-refractivity contribution in [1.82, 2.24) is 20.3 Å². The number of benzene rings is 3. The van der Waals surface area contributed by atoms with Gasteiger partial charge in [-0.1, -0.05) is 11.6 Å². The van der Waals surface area contributed by atoms with E-state index >= 15 is 0 Å². The van der Waals surface area contributed by atoms with Crippen LogP contribution in [0.25, 0.3) is 16.7 Å². The number of aryl methyl sites for hydroxylation is 1. The van der Waals surface area contributed by atoms with Gasteiger partial charge >= 0.3 is 0 Å². The fourth-order valence-electron chi connectivity index (χ4n) is 3.46. The van der Waals surface area contributed by atoms with E-state index in [0.29, 0.717) is 50.2 Å². The number of aromatic nitrogens is 3. The number of hydrogen-bond donors (Lipinski definition) is 2. The summed E-state index contributed by atoms with van der Waals surface area (Å²) in [6, 6.07) is 13.9. The SMILES string of the molecule is COc1ccc(-n2nc3cc(C)c(NC(=S)NC(=O)c4ccc5c(c4)OCO5)cc3n2)cc1Cl. The molecule has 0 radical (unpaired) electrons. The molecule has 0 fully saturated rings. The van der Waals surface area contributed by atoms with E-state index in [1.165, 1.54) is 4.80 Å². The predicted octanol–water partition coefficient (Wildman–Crippen LogP) is 4.25. The molecule has 5 rings (SSSR count). The minimum Gasteiger partial charge on any atom is -0.495 e. The number of thiocarbonyl (C=S) groups is 1. The molecule has 0 unspecified atom stereocenters. The summed E-state index contributed by atoms with van der Waals surface area (Å²) in [7, 11) is 1.56. The van der Waals surface area contributed by atoms with Crippen molar-refractivity contribution in [2.45, 2.75) is 6.92 Å². The highest BCUT2D eigenvalue weighted by Gasteiger charge is 2.17. The Bertz CT molecular complexity index is 1460. The van der Waals surface area contributed by atoms with Crippen LogP contribution in [0.15, 0.2) is 48.5 Å². The average molecular weight is 496 g/mol. The van der Waals surface area contributed by atoms with Crippen LogP contribution < -0.4 is 24.8 Å². The number of hydrogen-bond acceptors (Lipinski definition) is 7. The molecule has 1 aromatic heterocycles. The number of carbonyl (C=O) groups is 1. The molecule has 0 bridgehead atoms. The molecule has 2 heterocycles. The lowest BCUT2D eigenvalue weighted by atomic mass is 10.1. The second-order valence-corrected chi connectivity index (χ2v) is 8.26. The normalized spacial score (nSPS) is 12.0. The van der Waals surface area contributed by atoms with E-state index in [9.17, 15) is 4.79 Å². The molecule has 0 spiro atoms. The Labute approximate surface area is 204 Å². The van der Waals surface area contributed by atoms with E-state index in [2.05, 4.69) is 20.8 Å². The van der Waals surface area contributed by atoms with E-state index in [4.69, 9.17) is 38.0 Å². The lowest BCUT2D eigenvalue weighted by Gasteiger charge is -2.12. The summed E-state index contributed by atoms with van der Waals surface area (Å²) in [6.45, 7) is 2.05. The number of rotatable bonds is 4. The molecule has 2 N–H and O–H groups in total. The van der Waals surface area contributed by atoms with Gasteiger partial charge in [0.15, 0.2) is 16.6 Å². The molecule has 3 aromatic carbocycles. The van der Waals surface area contributed by atoms with Crippen LogP contribution in [-0.2, 0) is 0 Å². The third-order valence-corrected chi connectivity index (χ3v) is 5.70. The zero-order chi connectivity index (χ0) is 23.8. The first-order chi connectivity index (χ1) is 16.4. The molecule has 0 atom stereocenters. The Kier molecular flexibility index (Phi) is 5.68. The van der Waals surface area contributed by atoms with Crippen LogP contribution in [0.1, 0.15) is 15.9 Å². The number of amides is 1. The second kappa shape index (κ2) is 8.81. The Balaban J connectivity index is 1.33. The first kappa shape index (κ1) is 21.9. The van der Waals surface area contributed by atoms with E-state index in [1.54, 1.807) is 37.4 Å². The summed E-state index contributed by atoms with van der Waals surface area (Å²) < 4.78 is 15.8. The van der Waals surface area contributed by atoms with Crippen molar-refractivity contribution in [2.75, 3.05) is 19.2 Å². The van der Waals surface area contributed by atoms with Gasteiger partial charge in [0.2, 0.25) is 6.79 Å². The van der Waals surface area contributed by atoms with E-state index in [0.717, 1.165) is 5.56 Å². The molecule has 0 saturated carbocycles. The maximum atomic E-state index is 12.6. The molecule has 172 valence electrons. The number of methoxy groups -OCH3 is 1. The van der Waals surface area contributed by atoms with Crippen LogP contribution in [0.3, 0.4) is 0 Å². The summed E-state index contributed by atoms with van der Waals surface area (Å²) >= 11 is 11.6. The minimum absolute atomic E-state index is 0.137. The van der Waals surface area contributed by atoms with Crippen LogP contribution in [0.5, 0.6) is 17.2 Å². The van der Waals surface area contributed by atoms with Crippen molar-refractivity contribution >= 4 is 51.6 Å². The fourth-order valence-corrected chi connectivity index (χ4v) is 3.92. The lowest BCUT2D eigenvalue weighted by Crippen LogP contribution is -2.34. The first-order valence-electron chi connectivity index (χ1n) is 10.1. The van der Waals surface area contributed by atoms with Gasteiger partial charge in [-0.2, -0.15) is 4.80 Å². The van der Waals surface area contributed by atoms with Gasteiger partial charge < -0.3 is 19.5 Å². The number of fused-ring (bicyclic) bond motifs is 2. The van der Waals surface area contributed by atoms with E-state index < -0.39 is 0 Å². The summed E-state index contributed by atoms with van der Waals surface area (Å²) in [6.07, 6.45) is 0. The molecule has 0 saturated heterocycles. The Hall–Kier alpha value is -3.89. The van der Waals surface area contributed by atoms with E-state index in [-0.39, 0.29) is 17.8 Å². The van der Waals surface area contributed by atoms with Gasteiger partial charge in [0.25, 0.3) is 5.91 Å². The highest BCUT2D eigenvalue weighted by Crippen LogP contribution is 2.32. The maximum Gasteiger partial charge on any atom is 0.257 e. The number of halogens is 1. The smallest absolute Gasteiger partial charge is 0.257 e. The molecular formula is C23H18ClN5O4S. The number of carbonyl (C=O) groups excluding carboxylic acids is 1. The van der Waals surface area contributed by atoms with Crippen LogP contribution in [0, 0.1) is 6.92 Å². The summed E-state index contributed by atoms with van der Waals surface area (Å²) in [5, 5.41) is 15.4. The molecule has 1 aliphatic rings. The van der Waals surface area contributed by atoms with Crippen molar-refractivity contribution in [3.63, 3.8) is 0 Å². The third-order valence-electron chi connectivity index (χ3n) is 5.20. The second-order valence-electron chi connectivity index (χ2n) is 7.44. The summed E-state index contributed by atoms with van der Waals surface area (Å²) in [5.74, 6) is 1.33. The van der Waals surface area contributed by atoms with Gasteiger partial charge in [0, 0.05) is 11.3 Å². The largest absolute Gasteiger partial charge is 0.495 e. The van der Waals surface area contributed by atoms with Crippen LogP contribution in [-0.4, -0.2) is 39.9 Å². The molecule has 0 aliphatic carbocycles. The summed E-state index contributed by atoms with van der Waals surface area (Å²) in [4.78, 5) is 14.1. The van der Waals surface area contributed by atoms with Crippen LogP contribution in [0.4, 0.5) is 5.69 Å². The highest BCUT2D eigenvalue weighted by atomic mass is 35.5. The molecule has 1 amide bonds. The number of anilines is 1. The van der Waals surface area contributed by atoms with Gasteiger partial charge in [0.1, 0.15) is 16.8 Å². The number of ether oxygens (including phenoxy) is 3. The molecule has 4 aromatic rings. The monoisotopic (exact) mass is 495 g/mol. The van der Waals surface area contributed by atoms with Crippen molar-refractivity contribution in [3.05, 3.63) is 64.7 Å². The average Bonchev–Trinajstić information content (AvgIpc) is 3.45. The van der Waals surface area contributed by atoms with Crippen LogP contribution in [0.2, 0.25) is 5.02 Å². The molecule has 9 nitrogen and oxygen atoms in total. The van der Waals surface area contributed by atoms with Gasteiger partial charge in [-0.3, -0.25) is 10.1 Å². The topological polar surface area (TPSA) is 99.5 Å². The number of nitrogens with one attached hydrogen (secondary N) is 2. The zero-order valence-electron chi connectivity index (χ0n) is 18.1. The standard InChI is InChI=1S/C23H18ClN5O4S/c1-12-7-17-18(28-29(27-17)14-4-6-19(31-2)15(24)9-14)10-16(12)25-23(34)26-22(30)13-3-5-20-21(8-13)33-11-32-20/h3-10H,11H2,1-2H3,(H2,25,26,30,34). The maximum absolute atomic E-state index is 12.6. The quantitative estimate of drug-likeness (QED) is 0.405. The zero-order valence-corrected chi connectivity index (χ0v) is 19.7. The van der Waals surface area contributed by atoms with Gasteiger partial charge in [-0.05, 0) is 73.2 Å². The lowest BCUT2D eigenvalue weighted by molar-refractivity contribution is 0.0977. The van der Waals surface area contributed by atoms with Gasteiger partial charge in [-0.15, -0.1) is 10.2 Å². The van der Waals surface area contributed by atoms with Crippen molar-refractivity contribution in [1.29, 1.82) is 0 Å². The van der Waals surface area contributed by atoms with Gasteiger partial charge in [0.05, 0.1) is 17.8 Å². The summed E-state index contributed by atoms with van der Waals surface area (Å²) in [5.41, 5.74) is 4.02. The molecule has 34 heavy (non-hydrogen) atoms. The molecule has 11 heteroatoms.